The number of aliphatic hydroxyl groups excluding tert-OH is 2. The van der Waals surface area contributed by atoms with Crippen molar-refractivity contribution in [1.82, 2.24) is 5.32 Å². The number of amides is 1. The molecule has 0 fully saturated rings. The van der Waals surface area contributed by atoms with Gasteiger partial charge < -0.3 is 20.3 Å². The molecule has 0 spiro atoms. The Kier molecular flexibility index (Phi) is 61.4. The third-order valence-electron chi connectivity index (χ3n) is 15.5. The average Bonchev–Trinajstić information content (AvgIpc) is 3.39. The molecule has 0 saturated heterocycles. The zero-order chi connectivity index (χ0) is 52.9. The van der Waals surface area contributed by atoms with Crippen LogP contribution in [0.1, 0.15) is 367 Å². The maximum Gasteiger partial charge on any atom is 0.305 e. The highest BCUT2D eigenvalue weighted by atomic mass is 16.5. The van der Waals surface area contributed by atoms with Crippen molar-refractivity contribution in [2.24, 2.45) is 0 Å². The Morgan fingerprint density at radius 3 is 0.986 bits per heavy atom. The third-order valence-corrected chi connectivity index (χ3v) is 15.5. The Balaban J connectivity index is 3.48. The molecular formula is C67H129NO5. The SMILES string of the molecule is CCCCCCCCCCCCCCCCCCCCCCCCC/C=C/C(O)C(CO)NC(=O)CCCCC/C=C\CCCCCCCCOC(=O)CCCCCCCCCCCCCCCCCCCC. The number of unbranched alkanes of at least 4 members (excludes halogenated alkanes) is 49. The molecule has 0 aromatic carbocycles. The molecule has 0 aliphatic carbocycles. The zero-order valence-electron chi connectivity index (χ0n) is 49.4. The summed E-state index contributed by atoms with van der Waals surface area (Å²) in [6, 6.07) is -0.649. The topological polar surface area (TPSA) is 95.9 Å². The van der Waals surface area contributed by atoms with E-state index < -0.39 is 12.1 Å². The summed E-state index contributed by atoms with van der Waals surface area (Å²) in [4.78, 5) is 24.6. The van der Waals surface area contributed by atoms with Crippen molar-refractivity contribution in [1.29, 1.82) is 0 Å². The number of carbonyl (C=O) groups is 2. The van der Waals surface area contributed by atoms with Crippen molar-refractivity contribution >= 4 is 11.9 Å². The molecule has 0 aromatic heterocycles. The quantitative estimate of drug-likeness (QED) is 0.0320. The van der Waals surface area contributed by atoms with Gasteiger partial charge in [-0.05, 0) is 57.8 Å². The molecule has 1 amide bonds. The minimum atomic E-state index is -0.863. The number of rotatable bonds is 62. The standard InChI is InChI=1S/C67H129NO5/c1-3-5-7-9-11-13-15-17-19-21-23-24-25-26-27-28-29-30-32-35-39-43-47-51-55-59-65(70)64(63-69)68-66(71)60-56-52-48-44-40-36-34-38-42-46-50-54-58-62-73-67(72)61-57-53-49-45-41-37-33-31-22-20-18-16-14-12-10-8-6-4-2/h36,40,55,59,64-65,69-70H,3-35,37-39,41-54,56-58,60-63H2,1-2H3,(H,68,71)/b40-36-,59-55+. The fraction of sp³-hybridized carbons (Fsp3) is 0.910. The van der Waals surface area contributed by atoms with Crippen LogP contribution in [0.2, 0.25) is 0 Å². The lowest BCUT2D eigenvalue weighted by Gasteiger charge is -2.19. The lowest BCUT2D eigenvalue weighted by atomic mass is 10.0. The van der Waals surface area contributed by atoms with Gasteiger partial charge in [-0.25, -0.2) is 0 Å². The summed E-state index contributed by atoms with van der Waals surface area (Å²) >= 11 is 0. The first-order valence-electron chi connectivity index (χ1n) is 33.1. The smallest absolute Gasteiger partial charge is 0.305 e. The monoisotopic (exact) mass is 1030 g/mol. The van der Waals surface area contributed by atoms with E-state index in [1.54, 1.807) is 6.08 Å². The van der Waals surface area contributed by atoms with Gasteiger partial charge in [-0.15, -0.1) is 0 Å². The molecule has 0 bridgehead atoms. The van der Waals surface area contributed by atoms with Crippen LogP contribution in [0.25, 0.3) is 0 Å². The maximum absolute atomic E-state index is 12.5. The summed E-state index contributed by atoms with van der Waals surface area (Å²) in [5, 5.41) is 23.2. The fourth-order valence-electron chi connectivity index (χ4n) is 10.4. The van der Waals surface area contributed by atoms with E-state index in [4.69, 9.17) is 4.74 Å². The normalized spacial score (nSPS) is 12.7. The van der Waals surface area contributed by atoms with E-state index in [0.29, 0.717) is 19.4 Å². The number of esters is 1. The molecule has 0 saturated carbocycles. The van der Waals surface area contributed by atoms with Crippen LogP contribution in [0.15, 0.2) is 24.3 Å². The first-order valence-corrected chi connectivity index (χ1v) is 33.1. The lowest BCUT2D eigenvalue weighted by molar-refractivity contribution is -0.143. The van der Waals surface area contributed by atoms with E-state index in [1.165, 1.54) is 270 Å². The molecule has 0 rings (SSSR count). The van der Waals surface area contributed by atoms with Gasteiger partial charge in [0.15, 0.2) is 0 Å². The van der Waals surface area contributed by atoms with Gasteiger partial charge in [0.2, 0.25) is 5.91 Å². The van der Waals surface area contributed by atoms with Crippen LogP contribution in [0.3, 0.4) is 0 Å². The van der Waals surface area contributed by atoms with Gasteiger partial charge in [-0.3, -0.25) is 9.59 Å². The van der Waals surface area contributed by atoms with Crippen molar-refractivity contribution < 1.29 is 24.5 Å². The predicted molar refractivity (Wildman–Crippen MR) is 320 cm³/mol. The predicted octanol–water partition coefficient (Wildman–Crippen LogP) is 21.0. The van der Waals surface area contributed by atoms with Gasteiger partial charge in [0.1, 0.15) is 0 Å². The summed E-state index contributed by atoms with van der Waals surface area (Å²) in [5.74, 6) is -0.102. The molecule has 0 aliphatic rings. The van der Waals surface area contributed by atoms with Gasteiger partial charge in [-0.1, -0.05) is 321 Å². The second kappa shape index (κ2) is 62.9. The Morgan fingerprint density at radius 2 is 0.644 bits per heavy atom. The Labute approximate surface area is 456 Å². The molecule has 0 radical (unpaired) electrons. The largest absolute Gasteiger partial charge is 0.466 e. The van der Waals surface area contributed by atoms with E-state index in [9.17, 15) is 19.8 Å². The lowest BCUT2D eigenvalue weighted by Crippen LogP contribution is -2.45. The van der Waals surface area contributed by atoms with Crippen LogP contribution in [-0.4, -0.2) is 47.4 Å². The summed E-state index contributed by atoms with van der Waals surface area (Å²) in [6.07, 6.45) is 78.0. The number of carbonyl (C=O) groups excluding carboxylic acids is 2. The molecule has 2 atom stereocenters. The summed E-state index contributed by atoms with van der Waals surface area (Å²) in [7, 11) is 0. The molecule has 0 aromatic rings. The number of hydrogen-bond acceptors (Lipinski definition) is 5. The number of hydrogen-bond donors (Lipinski definition) is 3. The van der Waals surface area contributed by atoms with Gasteiger partial charge in [0.05, 0.1) is 25.4 Å². The highest BCUT2D eigenvalue weighted by Gasteiger charge is 2.18. The van der Waals surface area contributed by atoms with E-state index >= 15 is 0 Å². The fourth-order valence-corrected chi connectivity index (χ4v) is 10.4. The van der Waals surface area contributed by atoms with E-state index in [2.05, 4.69) is 31.3 Å². The molecule has 432 valence electrons. The van der Waals surface area contributed by atoms with Crippen molar-refractivity contribution in [3.8, 4) is 0 Å². The van der Waals surface area contributed by atoms with Crippen molar-refractivity contribution in [3.63, 3.8) is 0 Å². The molecule has 73 heavy (non-hydrogen) atoms. The first kappa shape index (κ1) is 71.3. The molecule has 0 aliphatic heterocycles. The number of ether oxygens (including phenoxy) is 1. The minimum Gasteiger partial charge on any atom is -0.466 e. The Hall–Kier alpha value is -1.66. The summed E-state index contributed by atoms with van der Waals surface area (Å²) in [5.41, 5.74) is 0. The minimum absolute atomic E-state index is 0.00860. The van der Waals surface area contributed by atoms with E-state index in [1.807, 2.05) is 6.08 Å². The summed E-state index contributed by atoms with van der Waals surface area (Å²) < 4.78 is 5.49. The van der Waals surface area contributed by atoms with Gasteiger partial charge in [-0.2, -0.15) is 0 Å². The first-order chi connectivity index (χ1) is 36.0. The van der Waals surface area contributed by atoms with Gasteiger partial charge in [0, 0.05) is 12.8 Å². The van der Waals surface area contributed by atoms with Crippen LogP contribution < -0.4 is 5.32 Å². The van der Waals surface area contributed by atoms with Crippen LogP contribution in [0.5, 0.6) is 0 Å². The maximum atomic E-state index is 12.5. The van der Waals surface area contributed by atoms with Crippen molar-refractivity contribution in [3.05, 3.63) is 24.3 Å². The van der Waals surface area contributed by atoms with E-state index in [-0.39, 0.29) is 18.5 Å². The highest BCUT2D eigenvalue weighted by molar-refractivity contribution is 5.76. The summed E-state index contributed by atoms with van der Waals surface area (Å²) in [6.45, 7) is 4.90. The molecule has 6 nitrogen and oxygen atoms in total. The molecule has 3 N–H and O–H groups in total. The second-order valence-corrected chi connectivity index (χ2v) is 22.8. The molecule has 0 heterocycles. The average molecular weight is 1030 g/mol. The van der Waals surface area contributed by atoms with Gasteiger partial charge in [0.25, 0.3) is 0 Å². The Bertz CT molecular complexity index is 1140. The molecule has 2 unspecified atom stereocenters. The number of aliphatic hydroxyl groups is 2. The van der Waals surface area contributed by atoms with Crippen LogP contribution >= 0.6 is 0 Å². The number of allylic oxidation sites excluding steroid dienone is 3. The molecule has 6 heteroatoms. The van der Waals surface area contributed by atoms with Crippen LogP contribution in [0.4, 0.5) is 0 Å². The van der Waals surface area contributed by atoms with Crippen molar-refractivity contribution in [2.45, 2.75) is 379 Å². The zero-order valence-corrected chi connectivity index (χ0v) is 49.4. The Morgan fingerprint density at radius 1 is 0.370 bits per heavy atom. The highest BCUT2D eigenvalue weighted by Crippen LogP contribution is 2.18. The van der Waals surface area contributed by atoms with Gasteiger partial charge >= 0.3 is 5.97 Å². The van der Waals surface area contributed by atoms with Crippen LogP contribution in [-0.2, 0) is 14.3 Å². The number of nitrogens with one attached hydrogen (secondary N) is 1. The molecular weight excluding hydrogens is 899 g/mol. The second-order valence-electron chi connectivity index (χ2n) is 22.8. The third kappa shape index (κ3) is 59.4. The van der Waals surface area contributed by atoms with Crippen molar-refractivity contribution in [2.75, 3.05) is 13.2 Å². The van der Waals surface area contributed by atoms with Crippen LogP contribution in [0, 0.1) is 0 Å². The van der Waals surface area contributed by atoms with E-state index in [0.717, 1.165) is 70.6 Å².